The fraction of sp³-hybridized carbons (Fsp3) is 0.0625. The van der Waals surface area contributed by atoms with E-state index in [1.807, 2.05) is 0 Å². The third-order valence-corrected chi connectivity index (χ3v) is 3.36. The minimum Gasteiger partial charge on any atom is -0.504 e. The summed E-state index contributed by atoms with van der Waals surface area (Å²) in [4.78, 5) is 12.4. The lowest BCUT2D eigenvalue weighted by Crippen LogP contribution is -2.19. The number of hydrogen-bond acceptors (Lipinski definition) is 6. The van der Waals surface area contributed by atoms with Crippen LogP contribution in [0.25, 0.3) is 6.08 Å². The number of hydrogen-bond donors (Lipinski definition) is 4. The highest BCUT2D eigenvalue weighted by atomic mass is 16.5. The Morgan fingerprint density at radius 1 is 0.955 bits per heavy atom. The second-order valence-corrected chi connectivity index (χ2v) is 4.85. The number of rotatable bonds is 1. The van der Waals surface area contributed by atoms with Crippen molar-refractivity contribution in [2.45, 2.75) is 0 Å². The van der Waals surface area contributed by atoms with Gasteiger partial charge in [-0.05, 0) is 35.9 Å². The number of carbonyl (C=O) groups excluding carboxylic acids is 1. The fourth-order valence-corrected chi connectivity index (χ4v) is 2.21. The molecule has 112 valence electrons. The molecule has 0 aliphatic carbocycles. The highest BCUT2D eigenvalue weighted by molar-refractivity contribution is 6.14. The van der Waals surface area contributed by atoms with Crippen molar-refractivity contribution in [1.82, 2.24) is 0 Å². The standard InChI is InChI=1S/C16H12O6/c17-11-3-1-8(6-13(11)19)5-9-7-22-16-10(14(9)20)2-4-12(18)15(16)21/h1-6,17-19,21H,7H2/b9-5+. The van der Waals surface area contributed by atoms with Crippen molar-refractivity contribution < 1.29 is 30.0 Å². The predicted molar refractivity (Wildman–Crippen MR) is 77.3 cm³/mol. The van der Waals surface area contributed by atoms with Crippen LogP contribution in [-0.2, 0) is 0 Å². The molecule has 1 aliphatic heterocycles. The number of benzene rings is 2. The lowest BCUT2D eigenvalue weighted by Gasteiger charge is -2.20. The average Bonchev–Trinajstić information content (AvgIpc) is 2.49. The van der Waals surface area contributed by atoms with Gasteiger partial charge in [0.25, 0.3) is 0 Å². The Kier molecular flexibility index (Phi) is 3.14. The number of ether oxygens (including phenoxy) is 1. The molecule has 3 rings (SSSR count). The van der Waals surface area contributed by atoms with Crippen molar-refractivity contribution in [1.29, 1.82) is 0 Å². The predicted octanol–water partition coefficient (Wildman–Crippen LogP) is 2.17. The molecule has 4 N–H and O–H groups in total. The molecule has 1 heterocycles. The quantitative estimate of drug-likeness (QED) is 0.475. The van der Waals surface area contributed by atoms with Gasteiger partial charge >= 0.3 is 0 Å². The van der Waals surface area contributed by atoms with Gasteiger partial charge in [0, 0.05) is 5.57 Å². The van der Waals surface area contributed by atoms with Crippen LogP contribution in [0.2, 0.25) is 0 Å². The Morgan fingerprint density at radius 2 is 1.68 bits per heavy atom. The molecule has 2 aromatic rings. The zero-order chi connectivity index (χ0) is 15.9. The number of carbonyl (C=O) groups is 1. The first-order chi connectivity index (χ1) is 10.5. The number of fused-ring (bicyclic) bond motifs is 1. The zero-order valence-electron chi connectivity index (χ0n) is 11.3. The first-order valence-electron chi connectivity index (χ1n) is 6.42. The highest BCUT2D eigenvalue weighted by Gasteiger charge is 2.27. The summed E-state index contributed by atoms with van der Waals surface area (Å²) in [7, 11) is 0. The van der Waals surface area contributed by atoms with Crippen molar-refractivity contribution in [3.05, 3.63) is 47.0 Å². The number of aromatic hydroxyl groups is 4. The summed E-state index contributed by atoms with van der Waals surface area (Å²) in [5, 5.41) is 37.8. The molecular formula is C16H12O6. The van der Waals surface area contributed by atoms with Crippen LogP contribution in [0.4, 0.5) is 0 Å². The molecule has 0 fully saturated rings. The van der Waals surface area contributed by atoms with Gasteiger partial charge in [-0.15, -0.1) is 0 Å². The number of ketones is 1. The highest BCUT2D eigenvalue weighted by Crippen LogP contribution is 2.41. The maximum Gasteiger partial charge on any atom is 0.201 e. The molecule has 0 atom stereocenters. The van der Waals surface area contributed by atoms with E-state index in [1.165, 1.54) is 30.3 Å². The Bertz CT molecular complexity index is 807. The van der Waals surface area contributed by atoms with E-state index in [1.54, 1.807) is 6.07 Å². The molecule has 6 nitrogen and oxygen atoms in total. The first kappa shape index (κ1) is 13.8. The van der Waals surface area contributed by atoms with Crippen LogP contribution < -0.4 is 4.74 Å². The maximum atomic E-state index is 12.4. The second kappa shape index (κ2) is 5.00. The molecule has 0 unspecified atom stereocenters. The zero-order valence-corrected chi connectivity index (χ0v) is 11.3. The van der Waals surface area contributed by atoms with E-state index >= 15 is 0 Å². The minimum absolute atomic E-state index is 0.0456. The summed E-state index contributed by atoms with van der Waals surface area (Å²) in [5.74, 6) is -1.75. The van der Waals surface area contributed by atoms with Crippen molar-refractivity contribution in [3.63, 3.8) is 0 Å². The average molecular weight is 300 g/mol. The Hall–Kier alpha value is -3.15. The van der Waals surface area contributed by atoms with E-state index in [0.717, 1.165) is 0 Å². The van der Waals surface area contributed by atoms with Crippen molar-refractivity contribution in [2.24, 2.45) is 0 Å². The van der Waals surface area contributed by atoms with Crippen molar-refractivity contribution in [2.75, 3.05) is 6.61 Å². The topological polar surface area (TPSA) is 107 Å². The van der Waals surface area contributed by atoms with E-state index < -0.39 is 5.75 Å². The van der Waals surface area contributed by atoms with E-state index in [0.29, 0.717) is 11.1 Å². The van der Waals surface area contributed by atoms with Gasteiger partial charge in [-0.1, -0.05) is 6.07 Å². The SMILES string of the molecule is O=C1/C(=C/c2ccc(O)c(O)c2)COc2c1ccc(O)c2O. The van der Waals surface area contributed by atoms with E-state index in [4.69, 9.17) is 4.74 Å². The van der Waals surface area contributed by atoms with Crippen molar-refractivity contribution in [3.8, 4) is 28.7 Å². The van der Waals surface area contributed by atoms with Gasteiger partial charge in [0.2, 0.25) is 5.75 Å². The van der Waals surface area contributed by atoms with Gasteiger partial charge < -0.3 is 25.2 Å². The van der Waals surface area contributed by atoms with Gasteiger partial charge in [-0.2, -0.15) is 0 Å². The Labute approximate surface area is 125 Å². The van der Waals surface area contributed by atoms with Crippen LogP contribution in [0, 0.1) is 0 Å². The molecule has 22 heavy (non-hydrogen) atoms. The summed E-state index contributed by atoms with van der Waals surface area (Å²) in [6, 6.07) is 6.75. The van der Waals surface area contributed by atoms with E-state index in [2.05, 4.69) is 0 Å². The molecule has 0 saturated heterocycles. The number of phenolic OH excluding ortho intramolecular Hbond substituents is 4. The lowest BCUT2D eigenvalue weighted by molar-refractivity contribution is 0.0998. The molecule has 2 aromatic carbocycles. The molecular weight excluding hydrogens is 288 g/mol. The molecule has 0 saturated carbocycles. The number of Topliss-reactive ketones (excluding diaryl/α,β-unsaturated/α-hetero) is 1. The summed E-state index contributed by atoms with van der Waals surface area (Å²) in [6.45, 7) is -0.0789. The van der Waals surface area contributed by atoms with Crippen LogP contribution in [0.1, 0.15) is 15.9 Å². The lowest BCUT2D eigenvalue weighted by atomic mass is 9.97. The fourth-order valence-electron chi connectivity index (χ4n) is 2.21. The largest absolute Gasteiger partial charge is 0.504 e. The molecule has 0 radical (unpaired) electrons. The van der Waals surface area contributed by atoms with Crippen LogP contribution >= 0.6 is 0 Å². The van der Waals surface area contributed by atoms with E-state index in [-0.39, 0.29) is 41.0 Å². The Balaban J connectivity index is 2.00. The van der Waals surface area contributed by atoms with E-state index in [9.17, 15) is 25.2 Å². The molecule has 0 amide bonds. The van der Waals surface area contributed by atoms with Crippen LogP contribution in [0.15, 0.2) is 35.9 Å². The number of phenols is 4. The summed E-state index contributed by atoms with van der Waals surface area (Å²) in [5.41, 5.74) is 0.993. The maximum absolute atomic E-state index is 12.4. The van der Waals surface area contributed by atoms with Gasteiger partial charge in [0.15, 0.2) is 28.8 Å². The molecule has 6 heteroatoms. The normalized spacial score (nSPS) is 15.5. The molecule has 1 aliphatic rings. The van der Waals surface area contributed by atoms with Gasteiger partial charge in [-0.3, -0.25) is 4.79 Å². The van der Waals surface area contributed by atoms with Crippen molar-refractivity contribution >= 4 is 11.9 Å². The monoisotopic (exact) mass is 300 g/mol. The van der Waals surface area contributed by atoms with Crippen LogP contribution in [0.3, 0.4) is 0 Å². The third kappa shape index (κ3) is 2.20. The van der Waals surface area contributed by atoms with Crippen LogP contribution in [-0.4, -0.2) is 32.8 Å². The first-order valence-corrected chi connectivity index (χ1v) is 6.42. The van der Waals surface area contributed by atoms with Crippen LogP contribution in [0.5, 0.6) is 28.7 Å². The third-order valence-electron chi connectivity index (χ3n) is 3.36. The van der Waals surface area contributed by atoms with Gasteiger partial charge in [-0.25, -0.2) is 0 Å². The van der Waals surface area contributed by atoms with Gasteiger partial charge in [0.1, 0.15) is 6.61 Å². The summed E-state index contributed by atoms with van der Waals surface area (Å²) < 4.78 is 5.33. The molecule has 0 aromatic heterocycles. The molecule has 0 bridgehead atoms. The summed E-state index contributed by atoms with van der Waals surface area (Å²) >= 11 is 0. The Morgan fingerprint density at radius 3 is 2.41 bits per heavy atom. The van der Waals surface area contributed by atoms with Gasteiger partial charge in [0.05, 0.1) is 5.56 Å². The smallest absolute Gasteiger partial charge is 0.201 e. The molecule has 0 spiro atoms. The minimum atomic E-state index is -0.466. The second-order valence-electron chi connectivity index (χ2n) is 4.85. The summed E-state index contributed by atoms with van der Waals surface area (Å²) in [6.07, 6.45) is 1.52.